The van der Waals surface area contributed by atoms with Crippen molar-refractivity contribution in [3.8, 4) is 0 Å². The molecule has 0 saturated heterocycles. The Morgan fingerprint density at radius 1 is 0.574 bits per heavy atom. The van der Waals surface area contributed by atoms with Crippen molar-refractivity contribution >= 4 is 13.8 Å². The molecule has 318 valence electrons. The van der Waals surface area contributed by atoms with E-state index in [9.17, 15) is 14.3 Å². The van der Waals surface area contributed by atoms with Gasteiger partial charge in [-0.1, -0.05) is 153 Å². The van der Waals surface area contributed by atoms with E-state index in [4.69, 9.17) is 18.5 Å². The fourth-order valence-corrected chi connectivity index (χ4v) is 6.64. The molecule has 8 nitrogen and oxygen atoms in total. The van der Waals surface area contributed by atoms with Gasteiger partial charge in [-0.05, 0) is 64.2 Å². The molecule has 2 unspecified atom stereocenters. The van der Waals surface area contributed by atoms with Gasteiger partial charge in [-0.25, -0.2) is 0 Å². The number of esters is 1. The van der Waals surface area contributed by atoms with Gasteiger partial charge in [0.1, 0.15) is 19.3 Å². The lowest BCUT2D eigenvalue weighted by Gasteiger charge is -2.28. The Bertz CT molecular complexity index is 962. The maximum absolute atomic E-state index is 12.7. The van der Waals surface area contributed by atoms with E-state index in [2.05, 4.69) is 50.3 Å². The Morgan fingerprint density at radius 2 is 1.04 bits per heavy atom. The molecule has 0 aliphatic carbocycles. The lowest BCUT2D eigenvalue weighted by molar-refractivity contribution is -0.870. The van der Waals surface area contributed by atoms with Crippen molar-refractivity contribution in [1.29, 1.82) is 0 Å². The minimum atomic E-state index is -4.53. The van der Waals surface area contributed by atoms with Crippen LogP contribution in [0, 0.1) is 0 Å². The van der Waals surface area contributed by atoms with Crippen LogP contribution < -0.4 is 4.89 Å². The Hall–Kier alpha value is -1.28. The van der Waals surface area contributed by atoms with Gasteiger partial charge in [-0.2, -0.15) is 0 Å². The number of hydrogen-bond donors (Lipinski definition) is 0. The summed E-state index contributed by atoms with van der Waals surface area (Å²) in [6.07, 6.45) is 44.3. The van der Waals surface area contributed by atoms with Crippen LogP contribution in [-0.4, -0.2) is 70.7 Å². The molecule has 0 fully saturated rings. The number of likely N-dealkylation sites (N-methyl/N-ethyl adjacent to an activating group) is 1. The summed E-state index contributed by atoms with van der Waals surface area (Å²) in [5.41, 5.74) is 0. The number of carbonyl (C=O) groups is 1. The van der Waals surface area contributed by atoms with Crippen molar-refractivity contribution in [3.63, 3.8) is 0 Å². The standard InChI is InChI=1S/C45H86NO7P/c1-6-8-10-12-14-16-18-20-22-23-24-26-28-30-32-34-36-38-45(47)53-44(43-52-54(48,49)51-41-39-46(3,4)5)42-50-40-37-35-33-31-29-27-25-21-19-17-15-13-11-9-7-2/h13,15,19-22,44H,6-12,14,16-18,23-43H2,1-5H3/b15-13-,21-19-,22-20-. The number of quaternary nitrogens is 1. The monoisotopic (exact) mass is 784 g/mol. The van der Waals surface area contributed by atoms with Crippen molar-refractivity contribution in [2.45, 2.75) is 193 Å². The van der Waals surface area contributed by atoms with Crippen molar-refractivity contribution in [3.05, 3.63) is 36.5 Å². The smallest absolute Gasteiger partial charge is 0.306 e. The average Bonchev–Trinajstić information content (AvgIpc) is 3.12. The highest BCUT2D eigenvalue weighted by atomic mass is 31.2. The lowest BCUT2D eigenvalue weighted by atomic mass is 10.1. The summed E-state index contributed by atoms with van der Waals surface area (Å²) in [6.45, 7) is 5.35. The molecule has 0 heterocycles. The van der Waals surface area contributed by atoms with Crippen LogP contribution in [0.4, 0.5) is 0 Å². The number of ether oxygens (including phenoxy) is 2. The minimum absolute atomic E-state index is 0.0229. The van der Waals surface area contributed by atoms with E-state index in [0.717, 1.165) is 51.4 Å². The molecule has 54 heavy (non-hydrogen) atoms. The highest BCUT2D eigenvalue weighted by Gasteiger charge is 2.20. The molecule has 0 saturated carbocycles. The SMILES string of the molecule is CCCC/C=C\C/C=C\CCCCCCCCOCC(COP(=O)([O-])OCC[N+](C)(C)C)OC(=O)CCCCCCCCC/C=C\CCCCCCCC. The number of rotatable bonds is 41. The fourth-order valence-electron chi connectivity index (χ4n) is 5.91. The van der Waals surface area contributed by atoms with E-state index in [0.29, 0.717) is 24.1 Å². The highest BCUT2D eigenvalue weighted by molar-refractivity contribution is 7.45. The number of phosphoric acid groups is 1. The van der Waals surface area contributed by atoms with E-state index >= 15 is 0 Å². The second kappa shape index (κ2) is 38.6. The molecule has 0 radical (unpaired) electrons. The topological polar surface area (TPSA) is 94.1 Å². The molecule has 0 aliphatic rings. The van der Waals surface area contributed by atoms with Crippen LogP contribution in [0.5, 0.6) is 0 Å². The van der Waals surface area contributed by atoms with Crippen molar-refractivity contribution in [2.75, 3.05) is 54.1 Å². The van der Waals surface area contributed by atoms with Gasteiger partial charge in [0, 0.05) is 13.0 Å². The number of nitrogens with zero attached hydrogens (tertiary/aromatic N) is 1. The van der Waals surface area contributed by atoms with E-state index in [1.54, 1.807) is 0 Å². The first-order chi connectivity index (χ1) is 26.1. The summed E-state index contributed by atoms with van der Waals surface area (Å²) in [5.74, 6) is -0.343. The molecule has 0 rings (SSSR count). The normalized spacial score (nSPS) is 14.1. The molecule has 0 aliphatic heterocycles. The van der Waals surface area contributed by atoms with Crippen LogP contribution in [-0.2, 0) is 27.9 Å². The van der Waals surface area contributed by atoms with Gasteiger partial charge in [0.2, 0.25) is 0 Å². The second-order valence-electron chi connectivity index (χ2n) is 16.0. The minimum Gasteiger partial charge on any atom is -0.756 e. The molecule has 9 heteroatoms. The summed E-state index contributed by atoms with van der Waals surface area (Å²) in [5, 5.41) is 0. The van der Waals surface area contributed by atoms with Crippen molar-refractivity contribution in [2.24, 2.45) is 0 Å². The van der Waals surface area contributed by atoms with Gasteiger partial charge in [0.25, 0.3) is 7.82 Å². The van der Waals surface area contributed by atoms with Gasteiger partial charge >= 0.3 is 5.97 Å². The molecule has 0 aromatic carbocycles. The van der Waals surface area contributed by atoms with Crippen LogP contribution in [0.2, 0.25) is 0 Å². The molecule has 0 N–H and O–H groups in total. The molecule has 2 atom stereocenters. The third-order valence-corrected chi connectivity index (χ3v) is 10.4. The first-order valence-electron chi connectivity index (χ1n) is 22.2. The Balaban J connectivity index is 4.25. The average molecular weight is 784 g/mol. The zero-order valence-corrected chi connectivity index (χ0v) is 36.8. The number of carbonyl (C=O) groups excluding carboxylic acids is 1. The lowest BCUT2D eigenvalue weighted by Crippen LogP contribution is -2.37. The van der Waals surface area contributed by atoms with Gasteiger partial charge in [0.15, 0.2) is 0 Å². The highest BCUT2D eigenvalue weighted by Crippen LogP contribution is 2.38. The van der Waals surface area contributed by atoms with Gasteiger partial charge in [0.05, 0.1) is 34.4 Å². The van der Waals surface area contributed by atoms with E-state index in [1.165, 1.54) is 116 Å². The van der Waals surface area contributed by atoms with Crippen LogP contribution in [0.25, 0.3) is 0 Å². The largest absolute Gasteiger partial charge is 0.756 e. The maximum Gasteiger partial charge on any atom is 0.306 e. The molecule has 0 aromatic rings. The maximum atomic E-state index is 12.7. The van der Waals surface area contributed by atoms with Crippen LogP contribution in [0.3, 0.4) is 0 Å². The van der Waals surface area contributed by atoms with E-state index in [-0.39, 0.29) is 25.8 Å². The molecule has 0 aromatic heterocycles. The van der Waals surface area contributed by atoms with Crippen LogP contribution in [0.15, 0.2) is 36.5 Å². The second-order valence-corrected chi connectivity index (χ2v) is 17.5. The number of unbranched alkanes of at least 4 members (excludes halogenated alkanes) is 21. The van der Waals surface area contributed by atoms with E-state index < -0.39 is 13.9 Å². The summed E-state index contributed by atoms with van der Waals surface area (Å²) in [7, 11) is 1.35. The predicted octanol–water partition coefficient (Wildman–Crippen LogP) is 12.4. The van der Waals surface area contributed by atoms with Gasteiger partial charge in [-0.15, -0.1) is 0 Å². The predicted molar refractivity (Wildman–Crippen MR) is 227 cm³/mol. The zero-order chi connectivity index (χ0) is 39.9. The summed E-state index contributed by atoms with van der Waals surface area (Å²) in [6, 6.07) is 0. The molecule has 0 spiro atoms. The quantitative estimate of drug-likeness (QED) is 0.0200. The first kappa shape index (κ1) is 52.7. The van der Waals surface area contributed by atoms with Gasteiger partial charge in [-0.3, -0.25) is 9.36 Å². The fraction of sp³-hybridized carbons (Fsp3) is 0.844. The van der Waals surface area contributed by atoms with E-state index in [1.807, 2.05) is 21.1 Å². The Kier molecular flexibility index (Phi) is 37.7. The summed E-state index contributed by atoms with van der Waals surface area (Å²) < 4.78 is 34.6. The third kappa shape index (κ3) is 41.9. The first-order valence-corrected chi connectivity index (χ1v) is 23.7. The van der Waals surface area contributed by atoms with Crippen LogP contribution >= 0.6 is 7.82 Å². The number of phosphoric ester groups is 1. The third-order valence-electron chi connectivity index (χ3n) is 9.41. The number of hydrogen-bond acceptors (Lipinski definition) is 7. The van der Waals surface area contributed by atoms with Crippen molar-refractivity contribution < 1.29 is 37.3 Å². The molecule has 0 bridgehead atoms. The van der Waals surface area contributed by atoms with Gasteiger partial charge < -0.3 is 27.9 Å². The number of allylic oxidation sites excluding steroid dienone is 6. The summed E-state index contributed by atoms with van der Waals surface area (Å²) in [4.78, 5) is 25.0. The molecular weight excluding hydrogens is 697 g/mol. The molecular formula is C45H86NO7P. The zero-order valence-electron chi connectivity index (χ0n) is 35.9. The van der Waals surface area contributed by atoms with Crippen molar-refractivity contribution in [1.82, 2.24) is 0 Å². The van der Waals surface area contributed by atoms with Crippen LogP contribution in [0.1, 0.15) is 187 Å². The molecule has 0 amide bonds. The Morgan fingerprint density at radius 3 is 1.57 bits per heavy atom. The summed E-state index contributed by atoms with van der Waals surface area (Å²) >= 11 is 0. The Labute approximate surface area is 334 Å².